The van der Waals surface area contributed by atoms with Crippen LogP contribution in [0.2, 0.25) is 0 Å². The normalized spacial score (nSPS) is 15.4. The van der Waals surface area contributed by atoms with Crippen molar-refractivity contribution in [1.82, 2.24) is 30.0 Å². The number of carbonyl (C=O) groups is 1. The molecule has 7 nitrogen and oxygen atoms in total. The third-order valence-electron chi connectivity index (χ3n) is 6.79. The van der Waals surface area contributed by atoms with Gasteiger partial charge in [0.15, 0.2) is 5.65 Å². The molecule has 33 heavy (non-hydrogen) atoms. The molecule has 1 aliphatic heterocycles. The first-order valence-electron chi connectivity index (χ1n) is 11.8. The van der Waals surface area contributed by atoms with Gasteiger partial charge >= 0.3 is 0 Å². The van der Waals surface area contributed by atoms with Crippen LogP contribution >= 0.6 is 0 Å². The van der Waals surface area contributed by atoms with Crippen LogP contribution in [0.1, 0.15) is 49.7 Å². The summed E-state index contributed by atoms with van der Waals surface area (Å²) in [4.78, 5) is 24.6. The number of pyridine rings is 1. The fraction of sp³-hybridized carbons (Fsp3) is 0.423. The van der Waals surface area contributed by atoms with Crippen LogP contribution in [-0.2, 0) is 4.79 Å². The summed E-state index contributed by atoms with van der Waals surface area (Å²) in [7, 11) is 3.89. The molecule has 0 bridgehead atoms. The average molecular weight is 445 g/mol. The molecule has 3 aromatic heterocycles. The zero-order chi connectivity index (χ0) is 23.1. The molecule has 4 aromatic rings. The van der Waals surface area contributed by atoms with Gasteiger partial charge in [-0.05, 0) is 68.1 Å². The molecule has 7 heteroatoms. The molecule has 2 N–H and O–H groups in total. The molecular formula is C26H32N6O. The number of hydrogen-bond acceptors (Lipinski definition) is 4. The Balaban J connectivity index is 1.44. The van der Waals surface area contributed by atoms with E-state index >= 15 is 0 Å². The predicted molar refractivity (Wildman–Crippen MR) is 132 cm³/mol. The summed E-state index contributed by atoms with van der Waals surface area (Å²) in [5.74, 6) is 1.09. The average Bonchev–Trinajstić information content (AvgIpc) is 3.42. The quantitative estimate of drug-likeness (QED) is 0.475. The highest BCUT2D eigenvalue weighted by atomic mass is 16.2. The van der Waals surface area contributed by atoms with Gasteiger partial charge in [0.25, 0.3) is 0 Å². The molecule has 1 amide bonds. The minimum Gasteiger partial charge on any atom is -0.354 e. The van der Waals surface area contributed by atoms with Crippen LogP contribution in [-0.4, -0.2) is 69.6 Å². The van der Waals surface area contributed by atoms with Crippen molar-refractivity contribution < 1.29 is 4.79 Å². The van der Waals surface area contributed by atoms with Crippen molar-refractivity contribution in [3.8, 4) is 11.3 Å². The number of fused-ring (bicyclic) bond motifs is 2. The molecule has 0 aliphatic carbocycles. The summed E-state index contributed by atoms with van der Waals surface area (Å²) in [6.45, 7) is 6.65. The van der Waals surface area contributed by atoms with E-state index in [4.69, 9.17) is 0 Å². The van der Waals surface area contributed by atoms with Crippen molar-refractivity contribution in [1.29, 1.82) is 0 Å². The number of benzene rings is 1. The molecule has 172 valence electrons. The van der Waals surface area contributed by atoms with Crippen LogP contribution in [0.3, 0.4) is 0 Å². The number of piperidine rings is 1. The molecular weight excluding hydrogens is 412 g/mol. The number of H-pyrrole nitrogens is 2. The number of amides is 1. The molecule has 0 radical (unpaired) electrons. The topological polar surface area (TPSA) is 80.9 Å². The van der Waals surface area contributed by atoms with Crippen LogP contribution in [0.25, 0.3) is 33.2 Å². The van der Waals surface area contributed by atoms with E-state index in [1.165, 1.54) is 16.5 Å². The van der Waals surface area contributed by atoms with Gasteiger partial charge in [-0.15, -0.1) is 0 Å². The number of aromatic amines is 2. The van der Waals surface area contributed by atoms with Crippen LogP contribution in [0.5, 0.6) is 0 Å². The van der Waals surface area contributed by atoms with Gasteiger partial charge in [-0.1, -0.05) is 19.9 Å². The van der Waals surface area contributed by atoms with Crippen molar-refractivity contribution in [2.75, 3.05) is 33.7 Å². The van der Waals surface area contributed by atoms with Gasteiger partial charge in [-0.3, -0.25) is 9.89 Å². The predicted octanol–water partition coefficient (Wildman–Crippen LogP) is 4.50. The molecule has 0 saturated carbocycles. The largest absolute Gasteiger partial charge is 0.354 e. The molecule has 1 aliphatic rings. The van der Waals surface area contributed by atoms with E-state index in [0.717, 1.165) is 53.7 Å². The Labute approximate surface area is 194 Å². The highest BCUT2D eigenvalue weighted by molar-refractivity contribution is 5.93. The second-order valence-electron chi connectivity index (χ2n) is 9.80. The monoisotopic (exact) mass is 444 g/mol. The number of aromatic nitrogens is 4. The lowest BCUT2D eigenvalue weighted by molar-refractivity contribution is -0.132. The summed E-state index contributed by atoms with van der Waals surface area (Å²) >= 11 is 0. The van der Waals surface area contributed by atoms with Gasteiger partial charge in [0, 0.05) is 41.1 Å². The molecule has 1 fully saturated rings. The number of likely N-dealkylation sites (N-methyl/N-ethyl adjacent to an activating group) is 1. The lowest BCUT2D eigenvalue weighted by atomic mass is 9.87. The fourth-order valence-electron chi connectivity index (χ4n) is 5.12. The molecule has 0 atom stereocenters. The van der Waals surface area contributed by atoms with Crippen LogP contribution in [0.15, 0.2) is 36.7 Å². The van der Waals surface area contributed by atoms with E-state index < -0.39 is 0 Å². The van der Waals surface area contributed by atoms with E-state index in [1.54, 1.807) is 0 Å². The Morgan fingerprint density at radius 2 is 1.97 bits per heavy atom. The minimum atomic E-state index is 0.231. The first kappa shape index (κ1) is 21.6. The van der Waals surface area contributed by atoms with Gasteiger partial charge in [-0.25, -0.2) is 4.98 Å². The third kappa shape index (κ3) is 4.13. The van der Waals surface area contributed by atoms with Crippen molar-refractivity contribution in [3.63, 3.8) is 0 Å². The summed E-state index contributed by atoms with van der Waals surface area (Å²) < 4.78 is 0. The number of likely N-dealkylation sites (tertiary alicyclic amines) is 1. The summed E-state index contributed by atoms with van der Waals surface area (Å²) in [6, 6.07) is 8.99. The number of rotatable bonds is 5. The lowest BCUT2D eigenvalue weighted by Crippen LogP contribution is -2.42. The van der Waals surface area contributed by atoms with E-state index in [1.807, 2.05) is 36.3 Å². The lowest BCUT2D eigenvalue weighted by Gasteiger charge is -2.33. The maximum absolute atomic E-state index is 12.4. The van der Waals surface area contributed by atoms with E-state index in [2.05, 4.69) is 58.3 Å². The number of carbonyl (C=O) groups excluding carboxylic acids is 1. The van der Waals surface area contributed by atoms with Crippen molar-refractivity contribution >= 4 is 27.8 Å². The van der Waals surface area contributed by atoms with Crippen LogP contribution in [0, 0.1) is 0 Å². The summed E-state index contributed by atoms with van der Waals surface area (Å²) in [5.41, 5.74) is 6.88. The van der Waals surface area contributed by atoms with E-state index in [-0.39, 0.29) is 5.91 Å². The second-order valence-corrected chi connectivity index (χ2v) is 9.80. The molecule has 4 heterocycles. The highest BCUT2D eigenvalue weighted by Gasteiger charge is 2.25. The summed E-state index contributed by atoms with van der Waals surface area (Å²) in [5, 5.41) is 9.33. The third-order valence-corrected chi connectivity index (χ3v) is 6.79. The van der Waals surface area contributed by atoms with Gasteiger partial charge < -0.3 is 14.8 Å². The zero-order valence-electron chi connectivity index (χ0n) is 19.9. The number of hydrogen-bond donors (Lipinski definition) is 2. The van der Waals surface area contributed by atoms with E-state index in [9.17, 15) is 4.79 Å². The Bertz CT molecular complexity index is 1290. The Hall–Kier alpha value is -3.19. The van der Waals surface area contributed by atoms with Gasteiger partial charge in [0.05, 0.1) is 18.4 Å². The first-order chi connectivity index (χ1) is 15.9. The summed E-state index contributed by atoms with van der Waals surface area (Å²) in [6.07, 6.45) is 5.76. The molecule has 0 spiro atoms. The Morgan fingerprint density at radius 1 is 1.18 bits per heavy atom. The zero-order valence-corrected chi connectivity index (χ0v) is 19.9. The second kappa shape index (κ2) is 8.63. The van der Waals surface area contributed by atoms with Crippen molar-refractivity contribution in [3.05, 3.63) is 47.8 Å². The minimum absolute atomic E-state index is 0.231. The molecule has 0 unspecified atom stereocenters. The van der Waals surface area contributed by atoms with Gasteiger partial charge in [0.1, 0.15) is 0 Å². The molecule has 5 rings (SSSR count). The fourth-order valence-corrected chi connectivity index (χ4v) is 5.12. The Kier molecular flexibility index (Phi) is 5.66. The van der Waals surface area contributed by atoms with Crippen LogP contribution in [0.4, 0.5) is 0 Å². The number of nitrogens with zero attached hydrogens (tertiary/aromatic N) is 4. The standard InChI is InChI=1S/C26H32N6O/c1-16(2)24-21-12-18(17-7-9-32(10-8-17)23(33)15-31(3)4)5-6-22(21)29-25(24)19-11-20-14-28-30-26(20)27-13-19/h5-6,11-14,16-17,29H,7-10,15H2,1-4H3,(H,27,28,30). The molecule has 1 saturated heterocycles. The van der Waals surface area contributed by atoms with Gasteiger partial charge in [-0.2, -0.15) is 5.10 Å². The van der Waals surface area contributed by atoms with Crippen molar-refractivity contribution in [2.24, 2.45) is 0 Å². The van der Waals surface area contributed by atoms with Crippen molar-refractivity contribution in [2.45, 2.75) is 38.5 Å². The number of nitrogens with one attached hydrogen (secondary N) is 2. The first-order valence-corrected chi connectivity index (χ1v) is 11.8. The highest BCUT2D eigenvalue weighted by Crippen LogP contribution is 2.38. The maximum atomic E-state index is 12.4. The van der Waals surface area contributed by atoms with Crippen LogP contribution < -0.4 is 0 Å². The maximum Gasteiger partial charge on any atom is 0.236 e. The van der Waals surface area contributed by atoms with E-state index in [0.29, 0.717) is 18.4 Å². The van der Waals surface area contributed by atoms with Gasteiger partial charge in [0.2, 0.25) is 5.91 Å². The SMILES string of the molecule is CC(C)c1c(-c2cnc3[nH]ncc3c2)[nH]c2ccc(C3CCN(C(=O)CN(C)C)CC3)cc12. The smallest absolute Gasteiger partial charge is 0.236 e. The Morgan fingerprint density at radius 3 is 2.70 bits per heavy atom. The molecule has 1 aromatic carbocycles.